The lowest BCUT2D eigenvalue weighted by Gasteiger charge is -2.21. The lowest BCUT2D eigenvalue weighted by Crippen LogP contribution is -2.44. The first-order valence-electron chi connectivity index (χ1n) is 9.00. The number of aryl methyl sites for hydroxylation is 2. The summed E-state index contributed by atoms with van der Waals surface area (Å²) in [7, 11) is 5.50. The summed E-state index contributed by atoms with van der Waals surface area (Å²) < 4.78 is 7.55. The molecule has 0 aliphatic carbocycles. The molecule has 0 spiro atoms. The molecule has 7 heteroatoms. The standard InChI is InChI=1S/C20H31N5O.HI/c1-14(12-18-15(2)24-25(5)16(18)3)23-20(21-4)22-13-19(26-6)17-10-8-7-9-11-17;/h7-11,14,19H,12-13H2,1-6H3,(H2,21,22,23);1H. The van der Waals surface area contributed by atoms with Crippen molar-refractivity contribution in [3.05, 3.63) is 52.8 Å². The molecule has 2 unspecified atom stereocenters. The molecule has 0 saturated heterocycles. The van der Waals surface area contributed by atoms with Crippen LogP contribution in [0.5, 0.6) is 0 Å². The van der Waals surface area contributed by atoms with E-state index < -0.39 is 0 Å². The molecule has 2 rings (SSSR count). The average molecular weight is 485 g/mol. The van der Waals surface area contributed by atoms with Gasteiger partial charge in [-0.1, -0.05) is 30.3 Å². The summed E-state index contributed by atoms with van der Waals surface area (Å²) in [6.07, 6.45) is 0.881. The summed E-state index contributed by atoms with van der Waals surface area (Å²) in [4.78, 5) is 4.34. The minimum Gasteiger partial charge on any atom is -0.375 e. The maximum Gasteiger partial charge on any atom is 0.191 e. The van der Waals surface area contributed by atoms with Gasteiger partial charge in [0.1, 0.15) is 0 Å². The first-order valence-corrected chi connectivity index (χ1v) is 9.00. The van der Waals surface area contributed by atoms with Crippen molar-refractivity contribution in [1.82, 2.24) is 20.4 Å². The first-order chi connectivity index (χ1) is 12.5. The molecule has 1 aromatic carbocycles. The van der Waals surface area contributed by atoms with E-state index in [9.17, 15) is 0 Å². The number of methoxy groups -OCH3 is 1. The van der Waals surface area contributed by atoms with Gasteiger partial charge in [0.05, 0.1) is 11.8 Å². The largest absolute Gasteiger partial charge is 0.375 e. The smallest absolute Gasteiger partial charge is 0.191 e. The topological polar surface area (TPSA) is 63.5 Å². The third kappa shape index (κ3) is 6.49. The van der Waals surface area contributed by atoms with Gasteiger partial charge in [-0.2, -0.15) is 5.10 Å². The van der Waals surface area contributed by atoms with Gasteiger partial charge in [-0.3, -0.25) is 9.67 Å². The van der Waals surface area contributed by atoms with Crippen LogP contribution in [0.1, 0.15) is 35.5 Å². The molecule has 1 heterocycles. The van der Waals surface area contributed by atoms with Crippen molar-refractivity contribution in [2.24, 2.45) is 12.0 Å². The van der Waals surface area contributed by atoms with E-state index in [1.165, 1.54) is 11.3 Å². The number of guanidine groups is 1. The highest BCUT2D eigenvalue weighted by Crippen LogP contribution is 2.15. The Morgan fingerprint density at radius 1 is 1.26 bits per heavy atom. The van der Waals surface area contributed by atoms with Crippen LogP contribution in [0, 0.1) is 13.8 Å². The van der Waals surface area contributed by atoms with Crippen LogP contribution in [-0.4, -0.2) is 42.5 Å². The SMILES string of the molecule is CN=C(NCC(OC)c1ccccc1)NC(C)Cc1c(C)nn(C)c1C.I. The van der Waals surface area contributed by atoms with Crippen molar-refractivity contribution in [3.63, 3.8) is 0 Å². The molecule has 2 aromatic rings. The fourth-order valence-corrected chi connectivity index (χ4v) is 3.09. The Morgan fingerprint density at radius 3 is 2.44 bits per heavy atom. The van der Waals surface area contributed by atoms with Crippen LogP contribution in [0.2, 0.25) is 0 Å². The van der Waals surface area contributed by atoms with E-state index in [1.54, 1.807) is 14.2 Å². The third-order valence-electron chi connectivity index (χ3n) is 4.69. The van der Waals surface area contributed by atoms with E-state index in [1.807, 2.05) is 29.9 Å². The quantitative estimate of drug-likeness (QED) is 0.360. The summed E-state index contributed by atoms with van der Waals surface area (Å²) >= 11 is 0. The minimum atomic E-state index is -0.0205. The molecule has 0 bridgehead atoms. The molecule has 1 aromatic heterocycles. The van der Waals surface area contributed by atoms with Crippen LogP contribution >= 0.6 is 24.0 Å². The Labute approximate surface area is 179 Å². The van der Waals surface area contributed by atoms with E-state index in [4.69, 9.17) is 4.74 Å². The molecule has 0 aliphatic rings. The summed E-state index contributed by atoms with van der Waals surface area (Å²) in [5.74, 6) is 0.773. The molecule has 2 N–H and O–H groups in total. The zero-order valence-corrected chi connectivity index (χ0v) is 19.4. The molecule has 2 atom stereocenters. The maximum atomic E-state index is 5.61. The van der Waals surface area contributed by atoms with Gasteiger partial charge in [-0.05, 0) is 38.3 Å². The molecule has 0 aliphatic heterocycles. The Kier molecular flexibility index (Phi) is 9.79. The van der Waals surface area contributed by atoms with Gasteiger partial charge in [0.15, 0.2) is 5.96 Å². The highest BCUT2D eigenvalue weighted by Gasteiger charge is 2.15. The van der Waals surface area contributed by atoms with Gasteiger partial charge < -0.3 is 15.4 Å². The van der Waals surface area contributed by atoms with Crippen LogP contribution in [-0.2, 0) is 18.2 Å². The first kappa shape index (κ1) is 23.4. The number of aromatic nitrogens is 2. The highest BCUT2D eigenvalue weighted by atomic mass is 127. The fraction of sp³-hybridized carbons (Fsp3) is 0.500. The van der Waals surface area contributed by atoms with Crippen LogP contribution < -0.4 is 10.6 Å². The van der Waals surface area contributed by atoms with Crippen molar-refractivity contribution < 1.29 is 4.74 Å². The zero-order chi connectivity index (χ0) is 19.1. The molecule has 0 fully saturated rings. The number of nitrogens with one attached hydrogen (secondary N) is 2. The van der Waals surface area contributed by atoms with Crippen LogP contribution in [0.15, 0.2) is 35.3 Å². The third-order valence-corrected chi connectivity index (χ3v) is 4.69. The van der Waals surface area contributed by atoms with Crippen molar-refractivity contribution >= 4 is 29.9 Å². The molecular formula is C20H32IN5O. The number of ether oxygens (including phenoxy) is 1. The van der Waals surface area contributed by atoms with Gasteiger partial charge >= 0.3 is 0 Å². The molecule has 27 heavy (non-hydrogen) atoms. The molecule has 150 valence electrons. The summed E-state index contributed by atoms with van der Waals surface area (Å²) in [5.41, 5.74) is 4.74. The van der Waals surface area contributed by atoms with Crippen molar-refractivity contribution in [3.8, 4) is 0 Å². The second-order valence-corrected chi connectivity index (χ2v) is 6.61. The Balaban J connectivity index is 0.00000364. The van der Waals surface area contributed by atoms with E-state index >= 15 is 0 Å². The van der Waals surface area contributed by atoms with E-state index in [-0.39, 0.29) is 36.1 Å². The number of hydrogen-bond acceptors (Lipinski definition) is 3. The highest BCUT2D eigenvalue weighted by molar-refractivity contribution is 14.0. The number of aliphatic imine (C=N–C) groups is 1. The summed E-state index contributed by atoms with van der Waals surface area (Å²) in [6.45, 7) is 6.98. The van der Waals surface area contributed by atoms with E-state index in [2.05, 4.69) is 53.6 Å². The molecule has 0 saturated carbocycles. The van der Waals surface area contributed by atoms with Crippen molar-refractivity contribution in [1.29, 1.82) is 0 Å². The van der Waals surface area contributed by atoms with Crippen molar-refractivity contribution in [2.75, 3.05) is 20.7 Å². The lowest BCUT2D eigenvalue weighted by molar-refractivity contribution is 0.106. The Hall–Kier alpha value is -1.61. The summed E-state index contributed by atoms with van der Waals surface area (Å²) in [6, 6.07) is 10.4. The number of nitrogens with zero attached hydrogens (tertiary/aromatic N) is 3. The van der Waals surface area contributed by atoms with Crippen LogP contribution in [0.25, 0.3) is 0 Å². The number of benzene rings is 1. The molecule has 0 radical (unpaired) electrons. The van der Waals surface area contributed by atoms with Gasteiger partial charge in [0, 0.05) is 39.5 Å². The zero-order valence-electron chi connectivity index (χ0n) is 17.1. The summed E-state index contributed by atoms with van der Waals surface area (Å²) in [5, 5.41) is 11.3. The van der Waals surface area contributed by atoms with Gasteiger partial charge in [-0.25, -0.2) is 0 Å². The van der Waals surface area contributed by atoms with Crippen LogP contribution in [0.4, 0.5) is 0 Å². The fourth-order valence-electron chi connectivity index (χ4n) is 3.09. The normalized spacial score (nSPS) is 13.6. The monoisotopic (exact) mass is 485 g/mol. The van der Waals surface area contributed by atoms with E-state index in [0.29, 0.717) is 6.54 Å². The Bertz CT molecular complexity index is 729. The minimum absolute atomic E-state index is 0. The van der Waals surface area contributed by atoms with Gasteiger partial charge in [0.25, 0.3) is 0 Å². The van der Waals surface area contributed by atoms with Gasteiger partial charge in [-0.15, -0.1) is 24.0 Å². The average Bonchev–Trinajstić information content (AvgIpc) is 2.88. The lowest BCUT2D eigenvalue weighted by atomic mass is 10.1. The maximum absolute atomic E-state index is 5.61. The second kappa shape index (κ2) is 11.3. The number of halogens is 1. The van der Waals surface area contributed by atoms with Gasteiger partial charge in [0.2, 0.25) is 0 Å². The molecular weight excluding hydrogens is 453 g/mol. The molecule has 6 nitrogen and oxygen atoms in total. The second-order valence-electron chi connectivity index (χ2n) is 6.61. The molecule has 0 amide bonds. The number of hydrogen-bond donors (Lipinski definition) is 2. The predicted octanol–water partition coefficient (Wildman–Crippen LogP) is 3.14. The van der Waals surface area contributed by atoms with E-state index in [0.717, 1.165) is 23.6 Å². The Morgan fingerprint density at radius 2 is 1.93 bits per heavy atom. The predicted molar refractivity (Wildman–Crippen MR) is 122 cm³/mol. The van der Waals surface area contributed by atoms with Crippen LogP contribution in [0.3, 0.4) is 0 Å². The van der Waals surface area contributed by atoms with Crippen molar-refractivity contribution in [2.45, 2.75) is 39.3 Å². The number of rotatable bonds is 7.